The summed E-state index contributed by atoms with van der Waals surface area (Å²) in [6, 6.07) is 2.92. The van der Waals surface area contributed by atoms with Crippen molar-refractivity contribution < 1.29 is 23.5 Å². The van der Waals surface area contributed by atoms with Crippen LogP contribution in [0, 0.1) is 18.7 Å². The normalized spacial score (nSPS) is 18.0. The summed E-state index contributed by atoms with van der Waals surface area (Å²) in [5, 5.41) is 0. The molecule has 0 atom stereocenters. The van der Waals surface area contributed by atoms with Crippen LogP contribution in [-0.4, -0.2) is 32.1 Å². The SMILES string of the molecule is CCCC1CCOCC1.COC(=O)Cc1ccc(F)c(C)c1C1(C(C)=O)CC1. The first kappa shape index (κ1) is 22.5. The van der Waals surface area contributed by atoms with E-state index in [4.69, 9.17) is 4.74 Å². The minimum atomic E-state index is -0.588. The number of Topliss-reactive ketones (excluding diaryl/α,β-unsaturated/α-hetero) is 1. The summed E-state index contributed by atoms with van der Waals surface area (Å²) in [5.41, 5.74) is 1.26. The van der Waals surface area contributed by atoms with Crippen LogP contribution in [-0.2, 0) is 30.9 Å². The Morgan fingerprint density at radius 2 is 1.89 bits per heavy atom. The Morgan fingerprint density at radius 1 is 1.25 bits per heavy atom. The topological polar surface area (TPSA) is 52.6 Å². The fourth-order valence-electron chi connectivity index (χ4n) is 4.13. The first-order chi connectivity index (χ1) is 13.4. The molecule has 28 heavy (non-hydrogen) atoms. The second kappa shape index (κ2) is 10.1. The van der Waals surface area contributed by atoms with Gasteiger partial charge in [0, 0.05) is 13.2 Å². The number of hydrogen-bond donors (Lipinski definition) is 0. The van der Waals surface area contributed by atoms with E-state index in [0.29, 0.717) is 16.7 Å². The molecule has 0 N–H and O–H groups in total. The largest absolute Gasteiger partial charge is 0.469 e. The minimum absolute atomic E-state index is 0.0346. The number of rotatable bonds is 6. The van der Waals surface area contributed by atoms with Crippen LogP contribution < -0.4 is 0 Å². The van der Waals surface area contributed by atoms with Gasteiger partial charge in [-0.25, -0.2) is 4.39 Å². The highest BCUT2D eigenvalue weighted by Crippen LogP contribution is 2.51. The maximum atomic E-state index is 13.8. The average molecular weight is 393 g/mol. The molecule has 5 heteroatoms. The summed E-state index contributed by atoms with van der Waals surface area (Å²) in [5.74, 6) is 0.291. The van der Waals surface area contributed by atoms with Crippen molar-refractivity contribution in [1.29, 1.82) is 0 Å². The van der Waals surface area contributed by atoms with E-state index in [9.17, 15) is 14.0 Å². The zero-order chi connectivity index (χ0) is 20.7. The van der Waals surface area contributed by atoms with Gasteiger partial charge in [0.05, 0.1) is 18.9 Å². The van der Waals surface area contributed by atoms with Gasteiger partial charge in [0.25, 0.3) is 0 Å². The zero-order valence-corrected chi connectivity index (χ0v) is 17.6. The summed E-state index contributed by atoms with van der Waals surface area (Å²) in [4.78, 5) is 23.3. The van der Waals surface area contributed by atoms with E-state index in [1.807, 2.05) is 0 Å². The smallest absolute Gasteiger partial charge is 0.309 e. The second-order valence-corrected chi connectivity index (χ2v) is 7.94. The molecule has 1 aromatic rings. The molecular formula is C23H33FO4. The lowest BCUT2D eigenvalue weighted by Crippen LogP contribution is -2.22. The number of methoxy groups -OCH3 is 1. The highest BCUT2D eigenvalue weighted by molar-refractivity contribution is 5.92. The summed E-state index contributed by atoms with van der Waals surface area (Å²) in [6.45, 7) is 7.46. The number of carbonyl (C=O) groups is 2. The monoisotopic (exact) mass is 392 g/mol. The molecule has 1 aromatic carbocycles. The van der Waals surface area contributed by atoms with Gasteiger partial charge in [-0.3, -0.25) is 9.59 Å². The van der Waals surface area contributed by atoms with Crippen LogP contribution in [0.5, 0.6) is 0 Å². The highest BCUT2D eigenvalue weighted by atomic mass is 19.1. The Labute approximate surface area is 167 Å². The number of carbonyl (C=O) groups excluding carboxylic acids is 2. The van der Waals surface area contributed by atoms with E-state index in [-0.39, 0.29) is 24.0 Å². The molecule has 156 valence electrons. The first-order valence-corrected chi connectivity index (χ1v) is 10.3. The fourth-order valence-corrected chi connectivity index (χ4v) is 4.13. The Balaban J connectivity index is 0.000000261. The molecule has 0 aromatic heterocycles. The predicted octanol–water partition coefficient (Wildman–Crippen LogP) is 4.68. The number of esters is 1. The van der Waals surface area contributed by atoms with Crippen molar-refractivity contribution in [2.75, 3.05) is 20.3 Å². The predicted molar refractivity (Wildman–Crippen MR) is 107 cm³/mol. The van der Waals surface area contributed by atoms with Gasteiger partial charge in [-0.15, -0.1) is 0 Å². The van der Waals surface area contributed by atoms with Crippen LogP contribution in [0.3, 0.4) is 0 Å². The summed E-state index contributed by atoms with van der Waals surface area (Å²) in [6.07, 6.45) is 6.86. The van der Waals surface area contributed by atoms with Crippen molar-refractivity contribution in [3.8, 4) is 0 Å². The molecule has 2 fully saturated rings. The van der Waals surface area contributed by atoms with Crippen molar-refractivity contribution in [3.63, 3.8) is 0 Å². The molecule has 1 saturated carbocycles. The molecular weight excluding hydrogens is 359 g/mol. The van der Waals surface area contributed by atoms with Gasteiger partial charge in [-0.1, -0.05) is 25.8 Å². The summed E-state index contributed by atoms with van der Waals surface area (Å²) >= 11 is 0. The second-order valence-electron chi connectivity index (χ2n) is 7.94. The van der Waals surface area contributed by atoms with Gasteiger partial charge in [-0.2, -0.15) is 0 Å². The van der Waals surface area contributed by atoms with E-state index in [2.05, 4.69) is 11.7 Å². The summed E-state index contributed by atoms with van der Waals surface area (Å²) < 4.78 is 23.7. The van der Waals surface area contributed by atoms with E-state index in [1.165, 1.54) is 45.8 Å². The van der Waals surface area contributed by atoms with Crippen molar-refractivity contribution >= 4 is 11.8 Å². The van der Waals surface area contributed by atoms with Crippen LogP contribution in [0.2, 0.25) is 0 Å². The lowest BCUT2D eigenvalue weighted by Gasteiger charge is -2.20. The van der Waals surface area contributed by atoms with E-state index in [1.54, 1.807) is 13.0 Å². The van der Waals surface area contributed by atoms with Crippen LogP contribution in [0.4, 0.5) is 4.39 Å². The molecule has 1 aliphatic carbocycles. The van der Waals surface area contributed by atoms with Gasteiger partial charge in [0.2, 0.25) is 0 Å². The average Bonchev–Trinajstić information content (AvgIpc) is 3.48. The molecule has 0 bridgehead atoms. The van der Waals surface area contributed by atoms with Crippen molar-refractivity contribution in [3.05, 3.63) is 34.6 Å². The third-order valence-electron chi connectivity index (χ3n) is 5.99. The molecule has 0 radical (unpaired) electrons. The molecule has 2 aliphatic rings. The molecule has 0 spiro atoms. The number of hydrogen-bond acceptors (Lipinski definition) is 4. The summed E-state index contributed by atoms with van der Waals surface area (Å²) in [7, 11) is 1.32. The third kappa shape index (κ3) is 5.40. The van der Waals surface area contributed by atoms with Gasteiger partial charge >= 0.3 is 5.97 Å². The van der Waals surface area contributed by atoms with Gasteiger partial charge < -0.3 is 9.47 Å². The van der Waals surface area contributed by atoms with Crippen molar-refractivity contribution in [2.24, 2.45) is 5.92 Å². The van der Waals surface area contributed by atoms with Gasteiger partial charge in [0.1, 0.15) is 11.6 Å². The highest BCUT2D eigenvalue weighted by Gasteiger charge is 2.51. The van der Waals surface area contributed by atoms with Crippen molar-refractivity contribution in [2.45, 2.75) is 71.1 Å². The molecule has 1 heterocycles. The van der Waals surface area contributed by atoms with E-state index in [0.717, 1.165) is 32.0 Å². The molecule has 3 rings (SSSR count). The third-order valence-corrected chi connectivity index (χ3v) is 5.99. The van der Waals surface area contributed by atoms with Crippen LogP contribution >= 0.6 is 0 Å². The Kier molecular flexibility index (Phi) is 8.17. The Hall–Kier alpha value is -1.75. The molecule has 1 saturated heterocycles. The molecule has 1 aliphatic heterocycles. The number of benzene rings is 1. The number of ether oxygens (including phenoxy) is 2. The maximum Gasteiger partial charge on any atom is 0.309 e. The van der Waals surface area contributed by atoms with Crippen LogP contribution in [0.15, 0.2) is 12.1 Å². The van der Waals surface area contributed by atoms with Gasteiger partial charge in [-0.05, 0) is 68.2 Å². The first-order valence-electron chi connectivity index (χ1n) is 10.3. The number of halogens is 1. The molecule has 0 amide bonds. The lowest BCUT2D eigenvalue weighted by atomic mass is 9.84. The fraction of sp³-hybridized carbons (Fsp3) is 0.652. The standard InChI is InChI=1S/C15H17FO3.C8H16O/c1-9-12(16)5-4-11(8-13(18)19-3)14(9)15(6-7-15)10(2)17;1-2-3-8-4-6-9-7-5-8/h4-5H,6-8H2,1-3H3;8H,2-7H2,1H3. The van der Waals surface area contributed by atoms with E-state index < -0.39 is 5.41 Å². The van der Waals surface area contributed by atoms with E-state index >= 15 is 0 Å². The Morgan fingerprint density at radius 3 is 2.39 bits per heavy atom. The van der Waals surface area contributed by atoms with Crippen LogP contribution in [0.1, 0.15) is 69.1 Å². The molecule has 0 unspecified atom stereocenters. The zero-order valence-electron chi connectivity index (χ0n) is 17.6. The van der Waals surface area contributed by atoms with Crippen molar-refractivity contribution in [1.82, 2.24) is 0 Å². The number of ketones is 1. The lowest BCUT2D eigenvalue weighted by molar-refractivity contribution is -0.139. The Bertz CT molecular complexity index is 685. The quantitative estimate of drug-likeness (QED) is 0.660. The van der Waals surface area contributed by atoms with Gasteiger partial charge in [0.15, 0.2) is 0 Å². The minimum Gasteiger partial charge on any atom is -0.469 e. The molecule has 4 nitrogen and oxygen atoms in total. The maximum absolute atomic E-state index is 13.8. The van der Waals surface area contributed by atoms with Crippen LogP contribution in [0.25, 0.3) is 0 Å².